The van der Waals surface area contributed by atoms with Crippen molar-refractivity contribution in [3.05, 3.63) is 35.4 Å². The van der Waals surface area contributed by atoms with Crippen LogP contribution in [0.5, 0.6) is 0 Å². The van der Waals surface area contributed by atoms with Gasteiger partial charge in [0.2, 0.25) is 5.91 Å². The van der Waals surface area contributed by atoms with Crippen LogP contribution in [0, 0.1) is 6.92 Å². The van der Waals surface area contributed by atoms with E-state index in [2.05, 4.69) is 41.8 Å². The van der Waals surface area contributed by atoms with E-state index < -0.39 is 0 Å². The molecule has 2 rings (SSSR count). The largest absolute Gasteiger partial charge is 0.335 e. The predicted octanol–water partition coefficient (Wildman–Crippen LogP) is 3.39. The smallest absolute Gasteiger partial charge is 0.321 e. The van der Waals surface area contributed by atoms with Gasteiger partial charge in [0, 0.05) is 24.0 Å². The number of hydrogen-bond acceptors (Lipinski definition) is 3. The Kier molecular flexibility index (Phi) is 6.77. The number of rotatable bonds is 6. The van der Waals surface area contributed by atoms with Crippen LogP contribution in [0.1, 0.15) is 43.2 Å². The van der Waals surface area contributed by atoms with Gasteiger partial charge in [-0.3, -0.25) is 10.1 Å². The van der Waals surface area contributed by atoms with Gasteiger partial charge < -0.3 is 5.32 Å². The zero-order valence-electron chi connectivity index (χ0n) is 13.1. The molecule has 0 spiro atoms. The SMILES string of the molecule is Cc1ccc(CSCCC(=O)NC(=O)NC2CCCC2)cc1. The van der Waals surface area contributed by atoms with Crippen molar-refractivity contribution in [2.75, 3.05) is 5.75 Å². The van der Waals surface area contributed by atoms with Gasteiger partial charge in [-0.1, -0.05) is 42.7 Å². The molecule has 22 heavy (non-hydrogen) atoms. The van der Waals surface area contributed by atoms with Gasteiger partial charge in [-0.25, -0.2) is 4.79 Å². The molecule has 0 radical (unpaired) electrons. The summed E-state index contributed by atoms with van der Waals surface area (Å²) >= 11 is 1.71. The molecule has 0 bridgehead atoms. The molecule has 1 saturated carbocycles. The molecule has 0 heterocycles. The van der Waals surface area contributed by atoms with Gasteiger partial charge in [-0.2, -0.15) is 11.8 Å². The Bertz CT molecular complexity index is 496. The normalized spacial score (nSPS) is 14.8. The Morgan fingerprint density at radius 3 is 2.55 bits per heavy atom. The Hall–Kier alpha value is -1.49. The number of thioether (sulfide) groups is 1. The number of benzene rings is 1. The summed E-state index contributed by atoms with van der Waals surface area (Å²) in [6.45, 7) is 2.07. The number of hydrogen-bond donors (Lipinski definition) is 2. The zero-order valence-corrected chi connectivity index (χ0v) is 13.9. The molecule has 0 aliphatic heterocycles. The highest BCUT2D eigenvalue weighted by Gasteiger charge is 2.17. The predicted molar refractivity (Wildman–Crippen MR) is 90.9 cm³/mol. The van der Waals surface area contributed by atoms with Crippen LogP contribution in [0.4, 0.5) is 4.79 Å². The number of amides is 3. The second kappa shape index (κ2) is 8.83. The first-order chi connectivity index (χ1) is 10.6. The van der Waals surface area contributed by atoms with Crippen LogP contribution in [-0.2, 0) is 10.5 Å². The first-order valence-corrected chi connectivity index (χ1v) is 9.02. The molecule has 3 amide bonds. The quantitative estimate of drug-likeness (QED) is 0.790. The van der Waals surface area contributed by atoms with E-state index in [9.17, 15) is 9.59 Å². The first kappa shape index (κ1) is 16.9. The molecule has 1 fully saturated rings. The van der Waals surface area contributed by atoms with E-state index in [0.717, 1.165) is 37.2 Å². The number of nitrogens with one attached hydrogen (secondary N) is 2. The second-order valence-corrected chi connectivity index (χ2v) is 6.90. The standard InChI is InChI=1S/C17H24N2O2S/c1-13-6-8-14(9-7-13)12-22-11-10-16(20)19-17(21)18-15-4-2-3-5-15/h6-9,15H,2-5,10-12H2,1H3,(H2,18,19,20,21). The van der Waals surface area contributed by atoms with Gasteiger partial charge in [0.1, 0.15) is 0 Å². The molecule has 1 aliphatic carbocycles. The molecule has 120 valence electrons. The van der Waals surface area contributed by atoms with Crippen LogP contribution in [0.2, 0.25) is 0 Å². The molecule has 1 aromatic rings. The van der Waals surface area contributed by atoms with Gasteiger partial charge in [-0.15, -0.1) is 0 Å². The van der Waals surface area contributed by atoms with E-state index in [1.807, 2.05) is 0 Å². The van der Waals surface area contributed by atoms with Crippen molar-refractivity contribution in [3.8, 4) is 0 Å². The fourth-order valence-electron chi connectivity index (χ4n) is 2.52. The van der Waals surface area contributed by atoms with Crippen molar-refractivity contribution in [2.45, 2.75) is 50.8 Å². The van der Waals surface area contributed by atoms with Crippen LogP contribution in [0.3, 0.4) is 0 Å². The molecule has 0 unspecified atom stereocenters. The van der Waals surface area contributed by atoms with Crippen LogP contribution in [-0.4, -0.2) is 23.7 Å². The molecular weight excluding hydrogens is 296 g/mol. The Labute approximate surface area is 136 Å². The van der Waals surface area contributed by atoms with E-state index >= 15 is 0 Å². The molecule has 0 atom stereocenters. The van der Waals surface area contributed by atoms with E-state index in [-0.39, 0.29) is 18.0 Å². The summed E-state index contributed by atoms with van der Waals surface area (Å²) in [6.07, 6.45) is 4.74. The molecular formula is C17H24N2O2S. The van der Waals surface area contributed by atoms with Crippen molar-refractivity contribution in [2.24, 2.45) is 0 Å². The third kappa shape index (κ3) is 6.10. The fourth-order valence-corrected chi connectivity index (χ4v) is 3.42. The van der Waals surface area contributed by atoms with Crippen molar-refractivity contribution >= 4 is 23.7 Å². The molecule has 0 aromatic heterocycles. The Morgan fingerprint density at radius 2 is 1.86 bits per heavy atom. The number of aryl methyl sites for hydroxylation is 1. The lowest BCUT2D eigenvalue weighted by Gasteiger charge is -2.12. The number of urea groups is 1. The third-order valence-corrected chi connectivity index (χ3v) is 4.84. The number of imide groups is 1. The van der Waals surface area contributed by atoms with Crippen molar-refractivity contribution in [3.63, 3.8) is 0 Å². The second-order valence-electron chi connectivity index (χ2n) is 5.79. The summed E-state index contributed by atoms with van der Waals surface area (Å²) in [4.78, 5) is 23.3. The van der Waals surface area contributed by atoms with E-state index in [1.54, 1.807) is 11.8 Å². The van der Waals surface area contributed by atoms with E-state index in [1.165, 1.54) is 11.1 Å². The topological polar surface area (TPSA) is 58.2 Å². The van der Waals surface area contributed by atoms with Gasteiger partial charge in [0.15, 0.2) is 0 Å². The van der Waals surface area contributed by atoms with Gasteiger partial charge in [0.25, 0.3) is 0 Å². The molecule has 4 nitrogen and oxygen atoms in total. The molecule has 2 N–H and O–H groups in total. The average Bonchev–Trinajstić information content (AvgIpc) is 2.98. The highest BCUT2D eigenvalue weighted by molar-refractivity contribution is 7.98. The van der Waals surface area contributed by atoms with Gasteiger partial charge in [0.05, 0.1) is 0 Å². The van der Waals surface area contributed by atoms with Crippen LogP contribution < -0.4 is 10.6 Å². The molecule has 5 heteroatoms. The molecule has 1 aliphatic rings. The summed E-state index contributed by atoms with van der Waals surface area (Å²) in [5, 5.41) is 5.26. The van der Waals surface area contributed by atoms with Gasteiger partial charge >= 0.3 is 6.03 Å². The lowest BCUT2D eigenvalue weighted by molar-refractivity contribution is -0.119. The van der Waals surface area contributed by atoms with Crippen LogP contribution >= 0.6 is 11.8 Å². The highest BCUT2D eigenvalue weighted by atomic mass is 32.2. The highest BCUT2D eigenvalue weighted by Crippen LogP contribution is 2.17. The number of carbonyl (C=O) groups excluding carboxylic acids is 2. The van der Waals surface area contributed by atoms with Crippen molar-refractivity contribution in [1.29, 1.82) is 0 Å². The summed E-state index contributed by atoms with van der Waals surface area (Å²) in [5.41, 5.74) is 2.51. The van der Waals surface area contributed by atoms with Crippen molar-refractivity contribution in [1.82, 2.24) is 10.6 Å². The third-order valence-electron chi connectivity index (χ3n) is 3.81. The van der Waals surface area contributed by atoms with Gasteiger partial charge in [-0.05, 0) is 25.3 Å². The molecule has 0 saturated heterocycles. The van der Waals surface area contributed by atoms with Crippen molar-refractivity contribution < 1.29 is 9.59 Å². The fraction of sp³-hybridized carbons (Fsp3) is 0.529. The Morgan fingerprint density at radius 1 is 1.18 bits per heavy atom. The maximum atomic E-state index is 11.7. The summed E-state index contributed by atoms with van der Waals surface area (Å²) < 4.78 is 0. The lowest BCUT2D eigenvalue weighted by Crippen LogP contribution is -2.43. The molecule has 1 aromatic carbocycles. The number of carbonyl (C=O) groups is 2. The van der Waals surface area contributed by atoms with E-state index in [4.69, 9.17) is 0 Å². The van der Waals surface area contributed by atoms with E-state index in [0.29, 0.717) is 6.42 Å². The summed E-state index contributed by atoms with van der Waals surface area (Å²) in [5.74, 6) is 1.41. The summed E-state index contributed by atoms with van der Waals surface area (Å²) in [6, 6.07) is 8.30. The maximum Gasteiger partial charge on any atom is 0.321 e. The maximum absolute atomic E-state index is 11.7. The van der Waals surface area contributed by atoms with Crippen LogP contribution in [0.25, 0.3) is 0 Å². The zero-order chi connectivity index (χ0) is 15.8. The van der Waals surface area contributed by atoms with Crippen LogP contribution in [0.15, 0.2) is 24.3 Å². The monoisotopic (exact) mass is 320 g/mol. The summed E-state index contributed by atoms with van der Waals surface area (Å²) in [7, 11) is 0. The first-order valence-electron chi connectivity index (χ1n) is 7.87. The minimum Gasteiger partial charge on any atom is -0.335 e. The Balaban J connectivity index is 1.57. The lowest BCUT2D eigenvalue weighted by atomic mass is 10.2. The minimum atomic E-state index is -0.347. The minimum absolute atomic E-state index is 0.202. The average molecular weight is 320 g/mol.